The predicted molar refractivity (Wildman–Crippen MR) is 65.9 cm³/mol. The fraction of sp³-hybridized carbons (Fsp3) is 1.00. The predicted octanol–water partition coefficient (Wildman–Crippen LogP) is 4.14. The van der Waals surface area contributed by atoms with Gasteiger partial charge in [0.05, 0.1) is 5.60 Å². The van der Waals surface area contributed by atoms with Gasteiger partial charge in [0, 0.05) is 0 Å². The van der Waals surface area contributed by atoms with Crippen LogP contribution in [0.4, 0.5) is 0 Å². The number of hydrogen-bond acceptors (Lipinski definition) is 1. The van der Waals surface area contributed by atoms with Crippen molar-refractivity contribution in [2.75, 3.05) is 0 Å². The van der Waals surface area contributed by atoms with Gasteiger partial charge in [0.15, 0.2) is 0 Å². The molecule has 0 bridgehead atoms. The summed E-state index contributed by atoms with van der Waals surface area (Å²) in [5.41, 5.74) is -0.365. The van der Waals surface area contributed by atoms with E-state index in [1.165, 1.54) is 32.1 Å². The Bertz CT molecular complexity index is 178. The molecule has 1 N–H and O–H groups in total. The van der Waals surface area contributed by atoms with Crippen molar-refractivity contribution in [3.05, 3.63) is 0 Å². The zero-order valence-electron chi connectivity index (χ0n) is 10.8. The minimum absolute atomic E-state index is 0.365. The van der Waals surface area contributed by atoms with Gasteiger partial charge in [0.25, 0.3) is 0 Å². The Morgan fingerprint density at radius 1 is 1.13 bits per heavy atom. The van der Waals surface area contributed by atoms with Gasteiger partial charge in [-0.2, -0.15) is 0 Å². The van der Waals surface area contributed by atoms with Crippen LogP contribution in [0.3, 0.4) is 0 Å². The van der Waals surface area contributed by atoms with E-state index >= 15 is 0 Å². The highest BCUT2D eigenvalue weighted by atomic mass is 16.3. The van der Waals surface area contributed by atoms with E-state index in [2.05, 4.69) is 20.8 Å². The minimum Gasteiger partial charge on any atom is -0.390 e. The molecule has 3 atom stereocenters. The highest BCUT2D eigenvalue weighted by Gasteiger charge is 2.39. The summed E-state index contributed by atoms with van der Waals surface area (Å²) in [6.45, 7) is 6.62. The normalized spacial score (nSPS) is 31.2. The molecule has 1 fully saturated rings. The molecule has 1 rings (SSSR count). The highest BCUT2D eigenvalue weighted by molar-refractivity contribution is 4.90. The molecule has 0 aromatic rings. The van der Waals surface area contributed by atoms with E-state index < -0.39 is 0 Å². The molecule has 0 aromatic heterocycles. The van der Waals surface area contributed by atoms with E-state index in [0.717, 1.165) is 25.2 Å². The Labute approximate surface area is 95.3 Å². The van der Waals surface area contributed by atoms with E-state index in [4.69, 9.17) is 0 Å². The zero-order valence-corrected chi connectivity index (χ0v) is 10.8. The van der Waals surface area contributed by atoms with Gasteiger partial charge in [-0.25, -0.2) is 0 Å². The van der Waals surface area contributed by atoms with Crippen LogP contribution in [0.1, 0.15) is 72.1 Å². The van der Waals surface area contributed by atoms with E-state index in [-0.39, 0.29) is 5.60 Å². The second-order valence-corrected chi connectivity index (χ2v) is 5.27. The third-order valence-corrected chi connectivity index (χ3v) is 4.42. The molecule has 1 aliphatic carbocycles. The minimum atomic E-state index is -0.365. The number of rotatable bonds is 5. The smallest absolute Gasteiger partial charge is 0.0675 e. The lowest BCUT2D eigenvalue weighted by molar-refractivity contribution is -0.0676. The summed E-state index contributed by atoms with van der Waals surface area (Å²) in [4.78, 5) is 0. The van der Waals surface area contributed by atoms with Crippen LogP contribution in [0, 0.1) is 11.8 Å². The van der Waals surface area contributed by atoms with Crippen molar-refractivity contribution in [3.63, 3.8) is 0 Å². The quantitative estimate of drug-likeness (QED) is 0.726. The first-order valence-electron chi connectivity index (χ1n) is 6.90. The lowest BCUT2D eigenvalue weighted by Gasteiger charge is -2.43. The van der Waals surface area contributed by atoms with E-state index in [0.29, 0.717) is 5.92 Å². The zero-order chi connectivity index (χ0) is 11.3. The molecule has 1 aliphatic rings. The molecule has 0 radical (unpaired) electrons. The summed E-state index contributed by atoms with van der Waals surface area (Å²) in [5, 5.41) is 10.7. The van der Waals surface area contributed by atoms with Crippen molar-refractivity contribution < 1.29 is 5.11 Å². The first-order chi connectivity index (χ1) is 7.18. The van der Waals surface area contributed by atoms with E-state index in [1.54, 1.807) is 0 Å². The van der Waals surface area contributed by atoms with Crippen LogP contribution in [0.5, 0.6) is 0 Å². The Kier molecular flexibility index (Phi) is 5.11. The molecule has 1 saturated carbocycles. The molecule has 1 nitrogen and oxygen atoms in total. The molecule has 0 saturated heterocycles. The summed E-state index contributed by atoms with van der Waals surface area (Å²) < 4.78 is 0. The summed E-state index contributed by atoms with van der Waals surface area (Å²) in [6, 6.07) is 0. The maximum atomic E-state index is 10.7. The molecule has 1 heteroatoms. The topological polar surface area (TPSA) is 20.2 Å². The van der Waals surface area contributed by atoms with Gasteiger partial charge in [-0.3, -0.25) is 0 Å². The van der Waals surface area contributed by atoms with Crippen molar-refractivity contribution in [1.82, 2.24) is 0 Å². The Balaban J connectivity index is 2.70. The fourth-order valence-electron chi connectivity index (χ4n) is 3.46. The van der Waals surface area contributed by atoms with Crippen molar-refractivity contribution in [3.8, 4) is 0 Å². The Morgan fingerprint density at radius 2 is 1.80 bits per heavy atom. The Morgan fingerprint density at radius 3 is 2.33 bits per heavy atom. The summed E-state index contributed by atoms with van der Waals surface area (Å²) in [5.74, 6) is 1.34. The first-order valence-corrected chi connectivity index (χ1v) is 6.90. The maximum Gasteiger partial charge on any atom is 0.0675 e. The summed E-state index contributed by atoms with van der Waals surface area (Å²) >= 11 is 0. The third-order valence-electron chi connectivity index (χ3n) is 4.42. The van der Waals surface area contributed by atoms with Gasteiger partial charge in [-0.15, -0.1) is 0 Å². The number of hydrogen-bond donors (Lipinski definition) is 1. The second-order valence-electron chi connectivity index (χ2n) is 5.27. The molecule has 0 spiro atoms. The van der Waals surface area contributed by atoms with Crippen LogP contribution in [-0.2, 0) is 0 Å². The van der Waals surface area contributed by atoms with Gasteiger partial charge >= 0.3 is 0 Å². The lowest BCUT2D eigenvalue weighted by atomic mass is 9.67. The van der Waals surface area contributed by atoms with Crippen LogP contribution in [0.15, 0.2) is 0 Å². The molecular weight excluding hydrogens is 184 g/mol. The number of aliphatic hydroxyl groups is 1. The second kappa shape index (κ2) is 5.89. The van der Waals surface area contributed by atoms with Gasteiger partial charge in [-0.05, 0) is 31.1 Å². The van der Waals surface area contributed by atoms with Crippen molar-refractivity contribution in [1.29, 1.82) is 0 Å². The first kappa shape index (κ1) is 13.0. The van der Waals surface area contributed by atoms with Crippen LogP contribution in [0.2, 0.25) is 0 Å². The van der Waals surface area contributed by atoms with Gasteiger partial charge in [-0.1, -0.05) is 52.9 Å². The van der Waals surface area contributed by atoms with Crippen molar-refractivity contribution in [2.45, 2.75) is 77.7 Å². The summed E-state index contributed by atoms with van der Waals surface area (Å²) in [6.07, 6.45) is 9.57. The molecule has 0 amide bonds. The lowest BCUT2D eigenvalue weighted by Crippen LogP contribution is -2.42. The third kappa shape index (κ3) is 2.96. The van der Waals surface area contributed by atoms with E-state index in [1.807, 2.05) is 0 Å². The van der Waals surface area contributed by atoms with Crippen LogP contribution < -0.4 is 0 Å². The summed E-state index contributed by atoms with van der Waals surface area (Å²) in [7, 11) is 0. The van der Waals surface area contributed by atoms with Crippen molar-refractivity contribution in [2.24, 2.45) is 11.8 Å². The molecule has 0 aliphatic heterocycles. The SMILES string of the molecule is CCCC(O)(CC)C1CCCCC1CC. The fourth-order valence-corrected chi connectivity index (χ4v) is 3.46. The monoisotopic (exact) mass is 212 g/mol. The average molecular weight is 212 g/mol. The van der Waals surface area contributed by atoms with Gasteiger partial charge in [0.2, 0.25) is 0 Å². The Hall–Kier alpha value is -0.0400. The van der Waals surface area contributed by atoms with Gasteiger partial charge in [0.1, 0.15) is 0 Å². The molecule has 0 heterocycles. The highest BCUT2D eigenvalue weighted by Crippen LogP contribution is 2.42. The average Bonchev–Trinajstić information content (AvgIpc) is 2.29. The standard InChI is InChI=1S/C14H28O/c1-4-11-14(15,6-3)13-10-8-7-9-12(13)5-2/h12-13,15H,4-11H2,1-3H3. The van der Waals surface area contributed by atoms with Gasteiger partial charge < -0.3 is 5.11 Å². The molecular formula is C14H28O. The molecule has 15 heavy (non-hydrogen) atoms. The van der Waals surface area contributed by atoms with Crippen LogP contribution in [-0.4, -0.2) is 10.7 Å². The molecule has 90 valence electrons. The molecule has 0 aromatic carbocycles. The van der Waals surface area contributed by atoms with Crippen molar-refractivity contribution >= 4 is 0 Å². The largest absolute Gasteiger partial charge is 0.390 e. The van der Waals surface area contributed by atoms with E-state index in [9.17, 15) is 5.11 Å². The molecule has 3 unspecified atom stereocenters. The van der Waals surface area contributed by atoms with Crippen LogP contribution in [0.25, 0.3) is 0 Å². The maximum absolute atomic E-state index is 10.7. The van der Waals surface area contributed by atoms with Crippen LogP contribution >= 0.6 is 0 Å².